The second kappa shape index (κ2) is 6.87. The monoisotopic (exact) mass is 432 g/mol. The van der Waals surface area contributed by atoms with Gasteiger partial charge in [0, 0.05) is 35.6 Å². The molecule has 2 aromatic carbocycles. The number of hydrogen-bond donors (Lipinski definition) is 0. The summed E-state index contributed by atoms with van der Waals surface area (Å²) in [5.74, 6) is 0.669. The summed E-state index contributed by atoms with van der Waals surface area (Å²) >= 11 is 3.42. The molecule has 0 amide bonds. The third-order valence-corrected chi connectivity index (χ3v) is 5.68. The van der Waals surface area contributed by atoms with Crippen molar-refractivity contribution in [3.63, 3.8) is 0 Å². The second-order valence-corrected chi connectivity index (χ2v) is 7.79. The zero-order chi connectivity index (χ0) is 19.1. The fourth-order valence-electron chi connectivity index (χ4n) is 3.64. The third kappa shape index (κ3) is 2.99. The molecular weight excluding hydrogens is 416 g/mol. The molecule has 0 bridgehead atoms. The molecule has 138 valence electrons. The van der Waals surface area contributed by atoms with Gasteiger partial charge < -0.3 is 4.90 Å². The lowest BCUT2D eigenvalue weighted by Gasteiger charge is -2.28. The Morgan fingerprint density at radius 2 is 1.75 bits per heavy atom. The molecule has 1 aliphatic heterocycles. The molecule has 0 atom stereocenters. The number of nitrogens with zero attached hydrogens (tertiary/aromatic N) is 4. The Balaban J connectivity index is 1.52. The maximum atomic E-state index is 12.9. The van der Waals surface area contributed by atoms with Crippen molar-refractivity contribution >= 4 is 32.8 Å². The normalized spacial score (nSPS) is 13.5. The third-order valence-electron chi connectivity index (χ3n) is 5.15. The lowest BCUT2D eigenvalue weighted by molar-refractivity contribution is 0.710. The molecule has 4 aromatic rings. The van der Waals surface area contributed by atoms with E-state index < -0.39 is 0 Å². The molecular formula is C22H17BrN4O. The van der Waals surface area contributed by atoms with E-state index in [1.54, 1.807) is 17.0 Å². The number of rotatable bonds is 2. The van der Waals surface area contributed by atoms with Crippen molar-refractivity contribution in [2.75, 3.05) is 11.4 Å². The van der Waals surface area contributed by atoms with Gasteiger partial charge in [-0.25, -0.2) is 9.97 Å². The minimum absolute atomic E-state index is 0.115. The van der Waals surface area contributed by atoms with Crippen LogP contribution in [0.15, 0.2) is 76.3 Å². The van der Waals surface area contributed by atoms with E-state index in [1.807, 2.05) is 30.3 Å². The SMILES string of the molecule is O=c1c2cnc(N3CCc4ccccc4C3)nc2ccn1-c1ccc(Br)cc1. The van der Waals surface area contributed by atoms with Crippen LogP contribution in [0.25, 0.3) is 16.6 Å². The van der Waals surface area contributed by atoms with Gasteiger partial charge in [-0.2, -0.15) is 0 Å². The van der Waals surface area contributed by atoms with E-state index in [4.69, 9.17) is 0 Å². The summed E-state index contributed by atoms with van der Waals surface area (Å²) in [7, 11) is 0. The molecule has 6 heteroatoms. The van der Waals surface area contributed by atoms with Gasteiger partial charge in [-0.05, 0) is 47.9 Å². The Morgan fingerprint density at radius 1 is 0.964 bits per heavy atom. The number of anilines is 1. The molecule has 28 heavy (non-hydrogen) atoms. The van der Waals surface area contributed by atoms with Gasteiger partial charge in [-0.1, -0.05) is 40.2 Å². The van der Waals surface area contributed by atoms with Gasteiger partial charge in [-0.15, -0.1) is 0 Å². The van der Waals surface area contributed by atoms with E-state index in [2.05, 4.69) is 55.1 Å². The largest absolute Gasteiger partial charge is 0.336 e. The Morgan fingerprint density at radius 3 is 2.57 bits per heavy atom. The lowest BCUT2D eigenvalue weighted by atomic mass is 10.0. The molecule has 5 rings (SSSR count). The molecule has 0 radical (unpaired) electrons. The summed E-state index contributed by atoms with van der Waals surface area (Å²) in [6.45, 7) is 1.66. The van der Waals surface area contributed by atoms with E-state index >= 15 is 0 Å². The van der Waals surface area contributed by atoms with E-state index in [9.17, 15) is 4.79 Å². The second-order valence-electron chi connectivity index (χ2n) is 6.88. The van der Waals surface area contributed by atoms with Gasteiger partial charge in [0.25, 0.3) is 5.56 Å². The lowest BCUT2D eigenvalue weighted by Crippen LogP contribution is -2.31. The van der Waals surface area contributed by atoms with Crippen molar-refractivity contribution in [3.8, 4) is 5.69 Å². The van der Waals surface area contributed by atoms with Crippen LogP contribution in [-0.4, -0.2) is 21.1 Å². The van der Waals surface area contributed by atoms with Crippen molar-refractivity contribution in [1.29, 1.82) is 0 Å². The summed E-state index contributed by atoms with van der Waals surface area (Å²) in [5.41, 5.74) is 4.06. The molecule has 5 nitrogen and oxygen atoms in total. The van der Waals surface area contributed by atoms with Crippen LogP contribution >= 0.6 is 15.9 Å². The summed E-state index contributed by atoms with van der Waals surface area (Å²) in [6, 6.07) is 18.0. The maximum Gasteiger partial charge on any atom is 0.266 e. The number of hydrogen-bond acceptors (Lipinski definition) is 4. The molecule has 0 saturated heterocycles. The standard InChI is InChI=1S/C22H17BrN4O/c23-17-5-7-18(8-6-17)27-12-10-20-19(21(27)28)13-24-22(25-20)26-11-9-15-3-1-2-4-16(15)14-26/h1-8,10,12-13H,9,11,14H2. The van der Waals surface area contributed by atoms with Crippen LogP contribution in [0.5, 0.6) is 0 Å². The highest BCUT2D eigenvalue weighted by Gasteiger charge is 2.18. The van der Waals surface area contributed by atoms with Crippen LogP contribution in [0.2, 0.25) is 0 Å². The molecule has 1 aliphatic rings. The number of halogens is 1. The summed E-state index contributed by atoms with van der Waals surface area (Å²) in [5, 5.41) is 0.520. The van der Waals surface area contributed by atoms with E-state index in [1.165, 1.54) is 11.1 Å². The Bertz CT molecular complexity index is 1230. The highest BCUT2D eigenvalue weighted by atomic mass is 79.9. The highest BCUT2D eigenvalue weighted by molar-refractivity contribution is 9.10. The van der Waals surface area contributed by atoms with Gasteiger partial charge in [0.05, 0.1) is 10.9 Å². The quantitative estimate of drug-likeness (QED) is 0.478. The first-order valence-electron chi connectivity index (χ1n) is 9.15. The van der Waals surface area contributed by atoms with Crippen molar-refractivity contribution in [1.82, 2.24) is 14.5 Å². The van der Waals surface area contributed by atoms with Crippen LogP contribution in [0.3, 0.4) is 0 Å². The average Bonchev–Trinajstić information content (AvgIpc) is 2.74. The van der Waals surface area contributed by atoms with Gasteiger partial charge in [0.1, 0.15) is 0 Å². The number of pyridine rings is 1. The van der Waals surface area contributed by atoms with Crippen molar-refractivity contribution < 1.29 is 0 Å². The summed E-state index contributed by atoms with van der Waals surface area (Å²) < 4.78 is 2.59. The number of benzene rings is 2. The Kier molecular flexibility index (Phi) is 4.20. The zero-order valence-electron chi connectivity index (χ0n) is 15.0. The minimum Gasteiger partial charge on any atom is -0.336 e. The fourth-order valence-corrected chi connectivity index (χ4v) is 3.91. The van der Waals surface area contributed by atoms with Crippen molar-refractivity contribution in [2.24, 2.45) is 0 Å². The predicted molar refractivity (Wildman–Crippen MR) is 114 cm³/mol. The zero-order valence-corrected chi connectivity index (χ0v) is 16.6. The average molecular weight is 433 g/mol. The van der Waals surface area contributed by atoms with Gasteiger partial charge in [0.2, 0.25) is 5.95 Å². The molecule has 0 spiro atoms. The highest BCUT2D eigenvalue weighted by Crippen LogP contribution is 2.23. The van der Waals surface area contributed by atoms with Crippen LogP contribution in [-0.2, 0) is 13.0 Å². The number of fused-ring (bicyclic) bond motifs is 2. The Hall–Kier alpha value is -2.99. The molecule has 0 fully saturated rings. The summed E-state index contributed by atoms with van der Waals surface area (Å²) in [4.78, 5) is 24.3. The first-order chi connectivity index (χ1) is 13.7. The van der Waals surface area contributed by atoms with Crippen LogP contribution in [0.1, 0.15) is 11.1 Å². The first-order valence-corrected chi connectivity index (χ1v) is 9.94. The molecule has 3 heterocycles. The van der Waals surface area contributed by atoms with E-state index in [-0.39, 0.29) is 5.56 Å². The van der Waals surface area contributed by atoms with Gasteiger partial charge in [0.15, 0.2) is 0 Å². The Labute approximate surface area is 170 Å². The minimum atomic E-state index is -0.115. The topological polar surface area (TPSA) is 51.0 Å². The van der Waals surface area contributed by atoms with Crippen molar-refractivity contribution in [2.45, 2.75) is 13.0 Å². The van der Waals surface area contributed by atoms with E-state index in [0.29, 0.717) is 16.9 Å². The van der Waals surface area contributed by atoms with E-state index in [0.717, 1.165) is 29.7 Å². The predicted octanol–water partition coefficient (Wildman–Crippen LogP) is 4.11. The summed E-state index contributed by atoms with van der Waals surface area (Å²) in [6.07, 6.45) is 4.40. The molecule has 0 aliphatic carbocycles. The molecule has 2 aromatic heterocycles. The molecule has 0 N–H and O–H groups in total. The molecule has 0 unspecified atom stereocenters. The maximum absolute atomic E-state index is 12.9. The number of aromatic nitrogens is 3. The van der Waals surface area contributed by atoms with Gasteiger partial charge in [-0.3, -0.25) is 9.36 Å². The molecule has 0 saturated carbocycles. The van der Waals surface area contributed by atoms with Crippen LogP contribution < -0.4 is 10.5 Å². The smallest absolute Gasteiger partial charge is 0.266 e. The van der Waals surface area contributed by atoms with Gasteiger partial charge >= 0.3 is 0 Å². The first kappa shape index (κ1) is 17.1. The van der Waals surface area contributed by atoms with Crippen LogP contribution in [0.4, 0.5) is 5.95 Å². The van der Waals surface area contributed by atoms with Crippen LogP contribution in [0, 0.1) is 0 Å². The van der Waals surface area contributed by atoms with Crippen molar-refractivity contribution in [3.05, 3.63) is 92.9 Å². The fraction of sp³-hybridized carbons (Fsp3) is 0.136.